The Morgan fingerprint density at radius 3 is 2.46 bits per heavy atom. The van der Waals surface area contributed by atoms with Gasteiger partial charge in [-0.25, -0.2) is 23.2 Å². The number of sulfone groups is 1. The molecular weight excluding hydrogens is 466 g/mol. The Labute approximate surface area is 207 Å². The first-order valence-electron chi connectivity index (χ1n) is 12.1. The average molecular weight is 502 g/mol. The molecule has 35 heavy (non-hydrogen) atoms. The van der Waals surface area contributed by atoms with Crippen molar-refractivity contribution < 1.29 is 17.9 Å². The van der Waals surface area contributed by atoms with E-state index < -0.39 is 19.3 Å². The molecule has 0 spiro atoms. The first kappa shape index (κ1) is 25.4. The van der Waals surface area contributed by atoms with Crippen LogP contribution in [0.25, 0.3) is 11.4 Å². The zero-order chi connectivity index (χ0) is 25.4. The third kappa shape index (κ3) is 4.86. The molecule has 1 aromatic carbocycles. The second-order valence-electron chi connectivity index (χ2n) is 10.2. The molecule has 4 rings (SSSR count). The van der Waals surface area contributed by atoms with Crippen LogP contribution in [0.1, 0.15) is 53.2 Å². The van der Waals surface area contributed by atoms with Gasteiger partial charge in [0.25, 0.3) is 0 Å². The maximum Gasteiger partial charge on any atom is 0.319 e. The van der Waals surface area contributed by atoms with Crippen LogP contribution in [0.2, 0.25) is 0 Å². The summed E-state index contributed by atoms with van der Waals surface area (Å²) >= 11 is 0. The Morgan fingerprint density at radius 2 is 1.89 bits per heavy atom. The van der Waals surface area contributed by atoms with Crippen molar-refractivity contribution in [1.82, 2.24) is 15.3 Å². The molecule has 2 amide bonds. The number of nitrogens with zero attached hydrogens (tertiary/aromatic N) is 3. The molecule has 0 bridgehead atoms. The summed E-state index contributed by atoms with van der Waals surface area (Å²) in [6.07, 6.45) is 1.10. The first-order chi connectivity index (χ1) is 16.5. The van der Waals surface area contributed by atoms with Crippen LogP contribution in [0.5, 0.6) is 0 Å². The minimum atomic E-state index is -3.49. The Bertz CT molecular complexity index is 1190. The number of hydrogen-bond acceptors (Lipinski definition) is 7. The van der Waals surface area contributed by atoms with Gasteiger partial charge >= 0.3 is 6.03 Å². The van der Waals surface area contributed by atoms with Crippen LogP contribution in [-0.4, -0.2) is 61.5 Å². The van der Waals surface area contributed by atoms with Gasteiger partial charge in [0.2, 0.25) is 0 Å². The second-order valence-corrected chi connectivity index (χ2v) is 13.2. The van der Waals surface area contributed by atoms with Crippen molar-refractivity contribution in [3.05, 3.63) is 36.0 Å². The van der Waals surface area contributed by atoms with E-state index in [1.807, 2.05) is 25.1 Å². The number of urea groups is 1. The van der Waals surface area contributed by atoms with Crippen molar-refractivity contribution in [2.24, 2.45) is 0 Å². The van der Waals surface area contributed by atoms with Gasteiger partial charge in [-0.05, 0) is 71.7 Å². The molecule has 190 valence electrons. The van der Waals surface area contributed by atoms with E-state index in [0.29, 0.717) is 62.2 Å². The summed E-state index contributed by atoms with van der Waals surface area (Å²) in [5.41, 5.74) is 1.95. The lowest BCUT2D eigenvalue weighted by molar-refractivity contribution is 0.0985. The fraction of sp³-hybridized carbons (Fsp3) is 0.560. The van der Waals surface area contributed by atoms with Gasteiger partial charge in [-0.15, -0.1) is 0 Å². The molecule has 1 atom stereocenters. The topological polar surface area (TPSA) is 114 Å². The monoisotopic (exact) mass is 501 g/mol. The average Bonchev–Trinajstić information content (AvgIpc) is 3.62. The van der Waals surface area contributed by atoms with Crippen molar-refractivity contribution in [3.63, 3.8) is 0 Å². The number of anilines is 2. The molecule has 1 aliphatic heterocycles. The molecule has 2 aromatic rings. The van der Waals surface area contributed by atoms with Gasteiger partial charge in [-0.3, -0.25) is 0 Å². The van der Waals surface area contributed by atoms with E-state index in [9.17, 15) is 13.2 Å². The number of nitrogens with one attached hydrogen (secondary N) is 2. The molecule has 2 aliphatic rings. The van der Waals surface area contributed by atoms with Crippen LogP contribution in [-0.2, 0) is 19.3 Å². The molecule has 1 aliphatic carbocycles. The summed E-state index contributed by atoms with van der Waals surface area (Å²) in [7, 11) is -3.49. The number of aromatic nitrogens is 2. The maximum atomic E-state index is 13.6. The fourth-order valence-electron chi connectivity index (χ4n) is 4.41. The van der Waals surface area contributed by atoms with Crippen molar-refractivity contribution in [2.75, 3.05) is 36.5 Å². The van der Waals surface area contributed by atoms with Crippen LogP contribution < -0.4 is 15.5 Å². The quantitative estimate of drug-likeness (QED) is 0.620. The summed E-state index contributed by atoms with van der Waals surface area (Å²) in [5.74, 6) is 1.18. The third-order valence-corrected chi connectivity index (χ3v) is 9.86. The summed E-state index contributed by atoms with van der Waals surface area (Å²) in [6.45, 7) is 11.5. The number of morpholine rings is 1. The normalized spacial score (nSPS) is 19.8. The minimum absolute atomic E-state index is 0.109. The summed E-state index contributed by atoms with van der Waals surface area (Å²) in [5, 5.41) is 5.48. The standard InChI is InChI=1S/C25H35N5O4S/c1-6-26-23(31)27-19-9-7-18(8-10-19)22-28-20(25(11-12-25)35(32,33)24(3,4)5)15-21(29-22)30-13-14-34-16-17(30)2/h7-10,15,17H,6,11-14,16H2,1-5H3,(H2,26,27,31)/t17-/m0/s1. The van der Waals surface area contributed by atoms with E-state index in [2.05, 4.69) is 22.5 Å². The summed E-state index contributed by atoms with van der Waals surface area (Å²) < 4.78 is 30.9. The number of carbonyl (C=O) groups is 1. The van der Waals surface area contributed by atoms with E-state index in [4.69, 9.17) is 14.7 Å². The molecule has 10 heteroatoms. The highest BCUT2D eigenvalue weighted by Crippen LogP contribution is 2.56. The smallest absolute Gasteiger partial charge is 0.319 e. The van der Waals surface area contributed by atoms with Crippen LogP contribution in [0.4, 0.5) is 16.3 Å². The van der Waals surface area contributed by atoms with Gasteiger partial charge in [0.05, 0.1) is 29.7 Å². The fourth-order valence-corrected chi connectivity index (χ4v) is 6.60. The van der Waals surface area contributed by atoms with E-state index >= 15 is 0 Å². The number of amides is 2. The lowest BCUT2D eigenvalue weighted by Crippen LogP contribution is -2.44. The number of benzene rings is 1. The number of ether oxygens (including phenoxy) is 1. The molecule has 2 N–H and O–H groups in total. The van der Waals surface area contributed by atoms with Gasteiger partial charge in [-0.2, -0.15) is 0 Å². The van der Waals surface area contributed by atoms with Gasteiger partial charge in [0.1, 0.15) is 10.6 Å². The van der Waals surface area contributed by atoms with Crippen LogP contribution >= 0.6 is 0 Å². The molecule has 9 nitrogen and oxygen atoms in total. The number of hydrogen-bond donors (Lipinski definition) is 2. The van der Waals surface area contributed by atoms with Crippen LogP contribution in [0.3, 0.4) is 0 Å². The van der Waals surface area contributed by atoms with Gasteiger partial charge < -0.3 is 20.3 Å². The van der Waals surface area contributed by atoms with E-state index in [0.717, 1.165) is 5.56 Å². The Kier molecular flexibility index (Phi) is 6.80. The van der Waals surface area contributed by atoms with E-state index in [-0.39, 0.29) is 12.1 Å². The van der Waals surface area contributed by atoms with Crippen molar-refractivity contribution in [2.45, 2.75) is 63.0 Å². The maximum absolute atomic E-state index is 13.6. The van der Waals surface area contributed by atoms with Crippen LogP contribution in [0, 0.1) is 0 Å². The van der Waals surface area contributed by atoms with E-state index in [1.165, 1.54) is 0 Å². The van der Waals surface area contributed by atoms with Crippen LogP contribution in [0.15, 0.2) is 30.3 Å². The molecule has 1 saturated carbocycles. The summed E-state index contributed by atoms with van der Waals surface area (Å²) in [6, 6.07) is 8.94. The van der Waals surface area contributed by atoms with Crippen molar-refractivity contribution in [3.8, 4) is 11.4 Å². The second kappa shape index (κ2) is 9.39. The predicted molar refractivity (Wildman–Crippen MR) is 137 cm³/mol. The Hall–Kier alpha value is -2.72. The van der Waals surface area contributed by atoms with Gasteiger partial charge in [0, 0.05) is 30.4 Å². The molecule has 0 unspecified atom stereocenters. The van der Waals surface area contributed by atoms with E-state index in [1.54, 1.807) is 32.9 Å². The first-order valence-corrected chi connectivity index (χ1v) is 13.6. The number of carbonyl (C=O) groups excluding carboxylic acids is 1. The lowest BCUT2D eigenvalue weighted by Gasteiger charge is -2.35. The predicted octanol–water partition coefficient (Wildman–Crippen LogP) is 3.71. The largest absolute Gasteiger partial charge is 0.377 e. The lowest BCUT2D eigenvalue weighted by atomic mass is 10.1. The summed E-state index contributed by atoms with van der Waals surface area (Å²) in [4.78, 5) is 23.6. The molecule has 1 saturated heterocycles. The molecule has 1 aromatic heterocycles. The molecule has 2 fully saturated rings. The Balaban J connectivity index is 1.77. The molecular formula is C25H35N5O4S. The highest BCUT2D eigenvalue weighted by molar-refractivity contribution is 7.94. The molecule has 2 heterocycles. The zero-order valence-electron chi connectivity index (χ0n) is 21.1. The van der Waals surface area contributed by atoms with Gasteiger partial charge in [0.15, 0.2) is 15.7 Å². The SMILES string of the molecule is CCNC(=O)Nc1ccc(-c2nc(N3CCOC[C@@H]3C)cc(C3(S(=O)(=O)C(C)(C)C)CC3)n2)cc1. The van der Waals surface area contributed by atoms with Gasteiger partial charge in [-0.1, -0.05) is 0 Å². The van der Waals surface area contributed by atoms with Crippen molar-refractivity contribution >= 4 is 27.4 Å². The highest BCUT2D eigenvalue weighted by atomic mass is 32.2. The number of rotatable bonds is 6. The third-order valence-electron chi connectivity index (χ3n) is 6.60. The Morgan fingerprint density at radius 1 is 1.20 bits per heavy atom. The molecule has 0 radical (unpaired) electrons. The van der Waals surface area contributed by atoms with Crippen molar-refractivity contribution in [1.29, 1.82) is 0 Å². The highest BCUT2D eigenvalue weighted by Gasteiger charge is 2.61. The minimum Gasteiger partial charge on any atom is -0.377 e. The zero-order valence-corrected chi connectivity index (χ0v) is 21.9.